The molecule has 0 fully saturated rings. The molecule has 11 heteroatoms. The van der Waals surface area contributed by atoms with E-state index in [0.29, 0.717) is 11.4 Å². The van der Waals surface area contributed by atoms with Crippen LogP contribution in [0.5, 0.6) is 0 Å². The molecule has 194 valence electrons. The van der Waals surface area contributed by atoms with Crippen LogP contribution in [-0.2, 0) is 15.3 Å². The summed E-state index contributed by atoms with van der Waals surface area (Å²) in [7, 11) is 0. The number of rotatable bonds is 15. The number of carbonyl (C=O) groups is 2. The van der Waals surface area contributed by atoms with Gasteiger partial charge in [0.2, 0.25) is 5.91 Å². The first kappa shape index (κ1) is 28.9. The van der Waals surface area contributed by atoms with Gasteiger partial charge in [0.05, 0.1) is 18.0 Å². The predicted octanol–water partition coefficient (Wildman–Crippen LogP) is 3.35. The van der Waals surface area contributed by atoms with Crippen molar-refractivity contribution < 1.29 is 14.0 Å². The molecule has 1 aromatic heterocycles. The van der Waals surface area contributed by atoms with E-state index in [1.807, 2.05) is 44.2 Å². The van der Waals surface area contributed by atoms with Gasteiger partial charge in [-0.25, -0.2) is 9.37 Å². The van der Waals surface area contributed by atoms with Crippen LogP contribution in [0, 0.1) is 5.41 Å². The number of ketones is 1. The van der Waals surface area contributed by atoms with Crippen molar-refractivity contribution in [2.24, 2.45) is 0 Å². The minimum Gasteiger partial charge on any atom is -0.805 e. The third-order valence-corrected chi connectivity index (χ3v) is 6.37. The number of alkyl halides is 1. The van der Waals surface area contributed by atoms with Gasteiger partial charge in [-0.15, -0.1) is 17.5 Å². The van der Waals surface area contributed by atoms with Crippen molar-refractivity contribution in [2.75, 3.05) is 30.8 Å². The highest BCUT2D eigenvalue weighted by atomic mass is 32.2. The van der Waals surface area contributed by atoms with Gasteiger partial charge in [0.15, 0.2) is 11.6 Å². The Morgan fingerprint density at radius 2 is 1.92 bits per heavy atom. The molecule has 1 atom stereocenters. The Labute approximate surface area is 214 Å². The molecule has 0 saturated carbocycles. The predicted molar refractivity (Wildman–Crippen MR) is 143 cm³/mol. The Morgan fingerprint density at radius 3 is 2.53 bits per heavy atom. The lowest BCUT2D eigenvalue weighted by Gasteiger charge is -2.21. The summed E-state index contributed by atoms with van der Waals surface area (Å²) >= 11 is 1.46. The molecule has 3 N–H and O–H groups in total. The fourth-order valence-corrected chi connectivity index (χ4v) is 4.09. The van der Waals surface area contributed by atoms with Crippen LogP contribution in [0.15, 0.2) is 41.3 Å². The standard InChI is InChI=1S/C25H32FN6O3S/c1-4-22(24(34)30-11-18(33)15-36-14-17-8-6-5-7-9-17)32-13-21(16(2)3)31-23(25(32)35)29-12-20(28)19(27)10-26/h5-9,13,16,22,27H,4,10-12,14-15H2,1-3H3,(H,29,31)(H,30,34)/q-1. The normalized spacial score (nSPS) is 11.7. The number of aromatic nitrogens is 2. The SMILES string of the molecule is CCC(C(=O)NCC(=O)CSCc1ccccc1)n1cc(C(C)C)nc(NCC(=[N-])C(=N)CF)c1=O. The molecule has 1 aromatic carbocycles. The second-order valence-electron chi connectivity index (χ2n) is 8.45. The monoisotopic (exact) mass is 515 g/mol. The van der Waals surface area contributed by atoms with E-state index >= 15 is 0 Å². The summed E-state index contributed by atoms with van der Waals surface area (Å²) in [6.45, 7) is 3.85. The molecule has 0 radical (unpaired) electrons. The van der Waals surface area contributed by atoms with Gasteiger partial charge in [-0.05, 0) is 17.9 Å². The lowest BCUT2D eigenvalue weighted by molar-refractivity contribution is -0.127. The summed E-state index contributed by atoms with van der Waals surface area (Å²) in [6.07, 6.45) is 1.80. The molecular formula is C25H32FN6O3S-. The van der Waals surface area contributed by atoms with Crippen molar-refractivity contribution in [1.82, 2.24) is 14.9 Å². The van der Waals surface area contributed by atoms with Crippen molar-refractivity contribution in [2.45, 2.75) is 44.9 Å². The second kappa shape index (κ2) is 14.3. The van der Waals surface area contributed by atoms with Crippen LogP contribution >= 0.6 is 11.8 Å². The Bertz CT molecular complexity index is 1140. The molecule has 0 bridgehead atoms. The zero-order chi connectivity index (χ0) is 26.7. The van der Waals surface area contributed by atoms with Gasteiger partial charge in [-0.1, -0.05) is 51.1 Å². The highest BCUT2D eigenvalue weighted by molar-refractivity contribution is 7.99. The van der Waals surface area contributed by atoms with Crippen molar-refractivity contribution >= 4 is 40.7 Å². The maximum Gasteiger partial charge on any atom is 0.294 e. The molecule has 0 aliphatic carbocycles. The smallest absolute Gasteiger partial charge is 0.294 e. The van der Waals surface area contributed by atoms with Gasteiger partial charge >= 0.3 is 0 Å². The Balaban J connectivity index is 2.08. The number of halogens is 1. The molecule has 0 saturated heterocycles. The molecule has 0 aliphatic rings. The van der Waals surface area contributed by atoms with E-state index in [2.05, 4.69) is 15.6 Å². The molecule has 2 aromatic rings. The fourth-order valence-electron chi connectivity index (χ4n) is 3.23. The Morgan fingerprint density at radius 1 is 1.22 bits per heavy atom. The lowest BCUT2D eigenvalue weighted by Crippen LogP contribution is -2.40. The quantitative estimate of drug-likeness (QED) is 0.311. The van der Waals surface area contributed by atoms with Crippen molar-refractivity contribution in [3.05, 3.63) is 63.5 Å². The van der Waals surface area contributed by atoms with Gasteiger partial charge in [0.1, 0.15) is 12.7 Å². The summed E-state index contributed by atoms with van der Waals surface area (Å²) in [4.78, 5) is 42.6. The zero-order valence-corrected chi connectivity index (χ0v) is 21.5. The number of hydrogen-bond acceptors (Lipinski definition) is 7. The summed E-state index contributed by atoms with van der Waals surface area (Å²) in [5.41, 5.74) is -0.114. The van der Waals surface area contributed by atoms with Gasteiger partial charge < -0.3 is 21.5 Å². The van der Waals surface area contributed by atoms with Crippen LogP contribution in [-0.4, -0.2) is 58.2 Å². The van der Waals surface area contributed by atoms with Crippen LogP contribution in [0.25, 0.3) is 5.41 Å². The molecule has 0 spiro atoms. The van der Waals surface area contributed by atoms with Gasteiger partial charge in [0.25, 0.3) is 5.56 Å². The average Bonchev–Trinajstić information content (AvgIpc) is 2.87. The summed E-state index contributed by atoms with van der Waals surface area (Å²) in [5, 5.41) is 22.4. The van der Waals surface area contributed by atoms with Crippen LogP contribution in [0.4, 0.5) is 10.2 Å². The largest absolute Gasteiger partial charge is 0.805 e. The van der Waals surface area contributed by atoms with Crippen LogP contribution < -0.4 is 16.2 Å². The molecule has 1 heterocycles. The van der Waals surface area contributed by atoms with Gasteiger partial charge in [-0.3, -0.25) is 19.0 Å². The van der Waals surface area contributed by atoms with E-state index in [0.717, 1.165) is 5.56 Å². The maximum atomic E-state index is 13.1. The number of amides is 1. The maximum absolute atomic E-state index is 13.1. The van der Waals surface area contributed by atoms with E-state index in [4.69, 9.17) is 5.41 Å². The Hall–Kier alpha value is -3.34. The van der Waals surface area contributed by atoms with Crippen LogP contribution in [0.2, 0.25) is 0 Å². The van der Waals surface area contributed by atoms with Gasteiger partial charge in [-0.2, -0.15) is 0 Å². The topological polar surface area (TPSA) is 139 Å². The number of nitrogens with zero attached hydrogens (tertiary/aromatic N) is 3. The van der Waals surface area contributed by atoms with Gasteiger partial charge in [0, 0.05) is 24.2 Å². The summed E-state index contributed by atoms with van der Waals surface area (Å²) < 4.78 is 13.9. The first-order valence-electron chi connectivity index (χ1n) is 11.6. The van der Waals surface area contributed by atoms with E-state index < -0.39 is 35.6 Å². The minimum absolute atomic E-state index is 0.0806. The van der Waals surface area contributed by atoms with E-state index in [-0.39, 0.29) is 42.8 Å². The minimum atomic E-state index is -1.14. The molecule has 0 aliphatic heterocycles. The highest BCUT2D eigenvalue weighted by Gasteiger charge is 2.23. The van der Waals surface area contributed by atoms with Crippen molar-refractivity contribution in [1.29, 1.82) is 5.41 Å². The van der Waals surface area contributed by atoms with E-state index in [1.165, 1.54) is 22.5 Å². The summed E-state index contributed by atoms with van der Waals surface area (Å²) in [5.74, 6) is 0.132. The van der Waals surface area contributed by atoms with Crippen LogP contribution in [0.3, 0.4) is 0 Å². The van der Waals surface area contributed by atoms with E-state index in [1.54, 1.807) is 6.92 Å². The third-order valence-electron chi connectivity index (χ3n) is 5.31. The first-order valence-corrected chi connectivity index (χ1v) is 12.8. The number of anilines is 1. The molecule has 9 nitrogen and oxygen atoms in total. The number of hydrogen-bond donors (Lipinski definition) is 3. The number of nitrogens with one attached hydrogen (secondary N) is 3. The first-order chi connectivity index (χ1) is 17.2. The second-order valence-corrected chi connectivity index (χ2v) is 9.44. The number of carbonyl (C=O) groups excluding carboxylic acids is 2. The fraction of sp³-hybridized carbons (Fsp3) is 0.440. The molecule has 1 unspecified atom stereocenters. The Kier molecular flexibility index (Phi) is 11.5. The zero-order valence-electron chi connectivity index (χ0n) is 20.7. The average molecular weight is 516 g/mol. The number of benzene rings is 1. The van der Waals surface area contributed by atoms with E-state index in [9.17, 15) is 24.2 Å². The summed E-state index contributed by atoms with van der Waals surface area (Å²) in [6, 6.07) is 8.88. The molecule has 1 amide bonds. The molecule has 36 heavy (non-hydrogen) atoms. The highest BCUT2D eigenvalue weighted by Crippen LogP contribution is 2.17. The number of Topliss-reactive ketones (excluding diaryl/α,β-unsaturated/α-hetero) is 1. The van der Waals surface area contributed by atoms with Crippen LogP contribution in [0.1, 0.15) is 50.4 Å². The molecular weight excluding hydrogens is 483 g/mol. The third kappa shape index (κ3) is 8.40. The van der Waals surface area contributed by atoms with Crippen molar-refractivity contribution in [3.63, 3.8) is 0 Å². The van der Waals surface area contributed by atoms with Crippen molar-refractivity contribution in [3.8, 4) is 0 Å². The molecule has 2 rings (SSSR count). The lowest BCUT2D eigenvalue weighted by atomic mass is 10.1. The number of thioether (sulfide) groups is 1.